The quantitative estimate of drug-likeness (QED) is 0.804. The second-order valence-electron chi connectivity index (χ2n) is 5.05. The molecule has 0 radical (unpaired) electrons. The lowest BCUT2D eigenvalue weighted by molar-refractivity contribution is -0.123. The molecular formula is C16H25N3O2. The molecule has 0 spiro atoms. The maximum Gasteiger partial charge on any atom is 0.238 e. The summed E-state index contributed by atoms with van der Waals surface area (Å²) in [6, 6.07) is 5.82. The van der Waals surface area contributed by atoms with Crippen molar-refractivity contribution in [1.82, 2.24) is 10.2 Å². The van der Waals surface area contributed by atoms with Crippen molar-refractivity contribution in [3.63, 3.8) is 0 Å². The molecule has 1 aromatic rings. The largest absolute Gasteiger partial charge is 0.355 e. The van der Waals surface area contributed by atoms with Crippen LogP contribution in [-0.4, -0.2) is 42.9 Å². The Morgan fingerprint density at radius 3 is 2.38 bits per heavy atom. The molecule has 0 unspecified atom stereocenters. The van der Waals surface area contributed by atoms with Gasteiger partial charge in [0.25, 0.3) is 0 Å². The van der Waals surface area contributed by atoms with Crippen LogP contribution in [0.2, 0.25) is 0 Å². The summed E-state index contributed by atoms with van der Waals surface area (Å²) in [5.41, 5.74) is 3.04. The van der Waals surface area contributed by atoms with Gasteiger partial charge in [0.1, 0.15) is 0 Å². The number of benzene rings is 1. The van der Waals surface area contributed by atoms with E-state index in [4.69, 9.17) is 0 Å². The molecule has 1 rings (SSSR count). The Kier molecular flexibility index (Phi) is 6.88. The molecule has 0 atom stereocenters. The van der Waals surface area contributed by atoms with Crippen molar-refractivity contribution in [2.24, 2.45) is 0 Å². The van der Waals surface area contributed by atoms with Gasteiger partial charge in [-0.05, 0) is 44.5 Å². The third kappa shape index (κ3) is 5.55. The van der Waals surface area contributed by atoms with Crippen LogP contribution in [0.4, 0.5) is 5.69 Å². The number of likely N-dealkylation sites (N-methyl/N-ethyl adjacent to an activating group) is 2. The smallest absolute Gasteiger partial charge is 0.238 e. The van der Waals surface area contributed by atoms with Crippen LogP contribution in [0.1, 0.15) is 25.0 Å². The number of hydrogen-bond donors (Lipinski definition) is 2. The Hall–Kier alpha value is -1.88. The molecule has 0 aliphatic carbocycles. The predicted molar refractivity (Wildman–Crippen MR) is 85.3 cm³/mol. The highest BCUT2D eigenvalue weighted by atomic mass is 16.2. The average molecular weight is 291 g/mol. The summed E-state index contributed by atoms with van der Waals surface area (Å²) in [5.74, 6) is -0.159. The number of rotatable bonds is 7. The van der Waals surface area contributed by atoms with Gasteiger partial charge in [0.05, 0.1) is 13.1 Å². The summed E-state index contributed by atoms with van der Waals surface area (Å²) in [6.07, 6.45) is 0. The molecule has 0 saturated heterocycles. The van der Waals surface area contributed by atoms with Crippen molar-refractivity contribution in [3.8, 4) is 0 Å². The summed E-state index contributed by atoms with van der Waals surface area (Å²) in [7, 11) is 0. The van der Waals surface area contributed by atoms with Gasteiger partial charge in [-0.2, -0.15) is 0 Å². The topological polar surface area (TPSA) is 61.4 Å². The molecule has 0 aromatic heterocycles. The molecule has 21 heavy (non-hydrogen) atoms. The van der Waals surface area contributed by atoms with E-state index in [9.17, 15) is 9.59 Å². The van der Waals surface area contributed by atoms with E-state index < -0.39 is 0 Å². The summed E-state index contributed by atoms with van der Waals surface area (Å²) >= 11 is 0. The first kappa shape index (κ1) is 17.2. The highest BCUT2D eigenvalue weighted by molar-refractivity contribution is 5.93. The minimum Gasteiger partial charge on any atom is -0.355 e. The van der Waals surface area contributed by atoms with E-state index in [0.717, 1.165) is 16.8 Å². The summed E-state index contributed by atoms with van der Waals surface area (Å²) in [4.78, 5) is 25.5. The van der Waals surface area contributed by atoms with Crippen LogP contribution in [0.25, 0.3) is 0 Å². The van der Waals surface area contributed by atoms with Gasteiger partial charge in [0, 0.05) is 12.2 Å². The van der Waals surface area contributed by atoms with E-state index in [1.807, 2.05) is 50.8 Å². The van der Waals surface area contributed by atoms with Crippen LogP contribution in [0, 0.1) is 13.8 Å². The molecule has 0 fully saturated rings. The third-order valence-corrected chi connectivity index (χ3v) is 3.43. The predicted octanol–water partition coefficient (Wildman–Crippen LogP) is 1.70. The van der Waals surface area contributed by atoms with Crippen LogP contribution in [-0.2, 0) is 9.59 Å². The molecule has 2 N–H and O–H groups in total. The second-order valence-corrected chi connectivity index (χ2v) is 5.05. The molecule has 0 aliphatic rings. The minimum atomic E-state index is -0.102. The standard InChI is InChI=1S/C16H25N3O2/c1-5-17-15(20)10-19(6-2)11-16(21)18-14-9-7-8-12(3)13(14)4/h7-9H,5-6,10-11H2,1-4H3,(H,17,20)(H,18,21). The Bertz CT molecular complexity index is 500. The number of carbonyl (C=O) groups is 2. The fourth-order valence-electron chi connectivity index (χ4n) is 2.02. The normalized spacial score (nSPS) is 10.5. The van der Waals surface area contributed by atoms with Gasteiger partial charge in [-0.1, -0.05) is 19.1 Å². The van der Waals surface area contributed by atoms with Crippen molar-refractivity contribution < 1.29 is 9.59 Å². The molecule has 5 heteroatoms. The van der Waals surface area contributed by atoms with Gasteiger partial charge in [-0.3, -0.25) is 14.5 Å². The number of nitrogens with one attached hydrogen (secondary N) is 2. The lowest BCUT2D eigenvalue weighted by Gasteiger charge is -2.19. The maximum atomic E-state index is 12.1. The molecule has 0 aliphatic heterocycles. The van der Waals surface area contributed by atoms with Gasteiger partial charge >= 0.3 is 0 Å². The molecular weight excluding hydrogens is 266 g/mol. The SMILES string of the molecule is CCNC(=O)CN(CC)CC(=O)Nc1cccc(C)c1C. The van der Waals surface area contributed by atoms with Crippen molar-refractivity contribution in [1.29, 1.82) is 0 Å². The second kappa shape index (κ2) is 8.42. The molecule has 2 amide bonds. The first-order valence-electron chi connectivity index (χ1n) is 7.33. The first-order chi connectivity index (χ1) is 9.97. The fourth-order valence-corrected chi connectivity index (χ4v) is 2.02. The van der Waals surface area contributed by atoms with Crippen LogP contribution in [0.15, 0.2) is 18.2 Å². The Morgan fingerprint density at radius 2 is 1.76 bits per heavy atom. The molecule has 1 aromatic carbocycles. The number of hydrogen-bond acceptors (Lipinski definition) is 3. The summed E-state index contributed by atoms with van der Waals surface area (Å²) in [5, 5.41) is 5.65. The van der Waals surface area contributed by atoms with Crippen LogP contribution in [0.3, 0.4) is 0 Å². The van der Waals surface area contributed by atoms with E-state index in [0.29, 0.717) is 13.1 Å². The van der Waals surface area contributed by atoms with Gasteiger partial charge < -0.3 is 10.6 Å². The monoisotopic (exact) mass is 291 g/mol. The van der Waals surface area contributed by atoms with Gasteiger partial charge in [0.2, 0.25) is 11.8 Å². The van der Waals surface area contributed by atoms with Crippen molar-refractivity contribution in [3.05, 3.63) is 29.3 Å². The number of aryl methyl sites for hydroxylation is 1. The lowest BCUT2D eigenvalue weighted by Crippen LogP contribution is -2.41. The highest BCUT2D eigenvalue weighted by Gasteiger charge is 2.13. The number of nitrogens with zero attached hydrogens (tertiary/aromatic N) is 1. The lowest BCUT2D eigenvalue weighted by atomic mass is 10.1. The first-order valence-corrected chi connectivity index (χ1v) is 7.33. The fraction of sp³-hybridized carbons (Fsp3) is 0.500. The van der Waals surface area contributed by atoms with E-state index >= 15 is 0 Å². The minimum absolute atomic E-state index is 0.0566. The van der Waals surface area contributed by atoms with Crippen molar-refractivity contribution in [2.75, 3.05) is 31.5 Å². The van der Waals surface area contributed by atoms with Crippen molar-refractivity contribution >= 4 is 17.5 Å². The number of amides is 2. The van der Waals surface area contributed by atoms with Gasteiger partial charge in [-0.15, -0.1) is 0 Å². The zero-order valence-corrected chi connectivity index (χ0v) is 13.3. The van der Waals surface area contributed by atoms with E-state index in [-0.39, 0.29) is 24.9 Å². The molecule has 5 nitrogen and oxygen atoms in total. The van der Waals surface area contributed by atoms with Gasteiger partial charge in [0.15, 0.2) is 0 Å². The number of carbonyl (C=O) groups excluding carboxylic acids is 2. The van der Waals surface area contributed by atoms with E-state index in [1.165, 1.54) is 0 Å². The van der Waals surface area contributed by atoms with E-state index in [1.54, 1.807) is 0 Å². The maximum absolute atomic E-state index is 12.1. The Morgan fingerprint density at radius 1 is 1.10 bits per heavy atom. The molecule has 0 saturated carbocycles. The zero-order valence-electron chi connectivity index (χ0n) is 13.3. The summed E-state index contributed by atoms with van der Waals surface area (Å²) in [6.45, 7) is 9.51. The third-order valence-electron chi connectivity index (χ3n) is 3.43. The molecule has 0 bridgehead atoms. The molecule has 116 valence electrons. The zero-order chi connectivity index (χ0) is 15.8. The Labute approximate surface area is 126 Å². The average Bonchev–Trinajstić information content (AvgIpc) is 2.43. The van der Waals surface area contributed by atoms with E-state index in [2.05, 4.69) is 10.6 Å². The highest BCUT2D eigenvalue weighted by Crippen LogP contribution is 2.17. The molecule has 0 heterocycles. The van der Waals surface area contributed by atoms with Crippen LogP contribution >= 0.6 is 0 Å². The van der Waals surface area contributed by atoms with Gasteiger partial charge in [-0.25, -0.2) is 0 Å². The number of anilines is 1. The Balaban J connectivity index is 2.58. The summed E-state index contributed by atoms with van der Waals surface area (Å²) < 4.78 is 0. The van der Waals surface area contributed by atoms with Crippen molar-refractivity contribution in [2.45, 2.75) is 27.7 Å². The van der Waals surface area contributed by atoms with Crippen LogP contribution in [0.5, 0.6) is 0 Å². The van der Waals surface area contributed by atoms with Crippen LogP contribution < -0.4 is 10.6 Å².